The Morgan fingerprint density at radius 2 is 1.43 bits per heavy atom. The van der Waals surface area contributed by atoms with E-state index in [1.807, 2.05) is 0 Å². The van der Waals surface area contributed by atoms with E-state index in [1.165, 1.54) is 52.0 Å². The molecule has 0 saturated heterocycles. The zero-order valence-corrected chi connectivity index (χ0v) is 21.2. The molecule has 0 aromatic heterocycles. The smallest absolute Gasteiger partial charge is 0.0374 e. The summed E-state index contributed by atoms with van der Waals surface area (Å²) in [5.74, 6) is 0.561. The van der Waals surface area contributed by atoms with Gasteiger partial charge in [0.25, 0.3) is 0 Å². The van der Waals surface area contributed by atoms with E-state index in [4.69, 9.17) is 12.6 Å². The summed E-state index contributed by atoms with van der Waals surface area (Å²) in [6.45, 7) is 17.8. The number of rotatable bonds is 10. The topological polar surface area (TPSA) is 24.1 Å². The zero-order chi connectivity index (χ0) is 22.4. The molecule has 0 aliphatic rings. The molecule has 0 aliphatic carbocycles. The standard InChI is InChI=1S/C27H42N2S/c1-17(2)28-24-12-13-26(22(8)30)23(16-24)11-9-10-19(5)25-14-15-27(29-18(3)4)21(7)20(25)6/h12-19,22,28-30H,9-11H2,1-8H3. The van der Waals surface area contributed by atoms with Crippen LogP contribution in [-0.4, -0.2) is 12.1 Å². The van der Waals surface area contributed by atoms with Gasteiger partial charge in [0, 0.05) is 28.7 Å². The quantitative estimate of drug-likeness (QED) is 0.335. The van der Waals surface area contributed by atoms with Crippen molar-refractivity contribution < 1.29 is 0 Å². The summed E-state index contributed by atoms with van der Waals surface area (Å²) in [6.07, 6.45) is 3.48. The molecule has 2 N–H and O–H groups in total. The van der Waals surface area contributed by atoms with Gasteiger partial charge in [0.1, 0.15) is 0 Å². The fourth-order valence-corrected chi connectivity index (χ4v) is 4.50. The molecule has 0 bridgehead atoms. The van der Waals surface area contributed by atoms with Crippen molar-refractivity contribution >= 4 is 24.0 Å². The summed E-state index contributed by atoms with van der Waals surface area (Å²) in [6, 6.07) is 12.2. The number of anilines is 2. The molecule has 0 heterocycles. The van der Waals surface area contributed by atoms with Gasteiger partial charge in [-0.3, -0.25) is 0 Å². The Morgan fingerprint density at radius 1 is 0.800 bits per heavy atom. The lowest BCUT2D eigenvalue weighted by Crippen LogP contribution is -2.12. The average molecular weight is 427 g/mol. The van der Waals surface area contributed by atoms with Crippen molar-refractivity contribution in [3.63, 3.8) is 0 Å². The number of thiol groups is 1. The summed E-state index contributed by atoms with van der Waals surface area (Å²) in [5.41, 5.74) is 9.56. The maximum absolute atomic E-state index is 4.71. The average Bonchev–Trinajstić information content (AvgIpc) is 2.64. The maximum atomic E-state index is 4.71. The number of benzene rings is 2. The number of nitrogens with one attached hydrogen (secondary N) is 2. The minimum Gasteiger partial charge on any atom is -0.383 e. The van der Waals surface area contributed by atoms with E-state index in [-0.39, 0.29) is 5.25 Å². The van der Waals surface area contributed by atoms with Crippen LogP contribution in [-0.2, 0) is 6.42 Å². The van der Waals surface area contributed by atoms with Crippen LogP contribution in [0.4, 0.5) is 11.4 Å². The molecule has 2 unspecified atom stereocenters. The first-order chi connectivity index (χ1) is 14.1. The molecule has 3 heteroatoms. The molecule has 0 spiro atoms. The monoisotopic (exact) mass is 426 g/mol. The minimum absolute atomic E-state index is 0.261. The third-order valence-corrected chi connectivity index (χ3v) is 6.21. The van der Waals surface area contributed by atoms with Crippen LogP contribution in [0.3, 0.4) is 0 Å². The highest BCUT2D eigenvalue weighted by Gasteiger charge is 2.14. The molecule has 0 aliphatic heterocycles. The van der Waals surface area contributed by atoms with Crippen molar-refractivity contribution in [3.05, 3.63) is 58.1 Å². The van der Waals surface area contributed by atoms with Crippen LogP contribution < -0.4 is 10.6 Å². The Hall–Kier alpha value is -1.61. The fourth-order valence-electron chi connectivity index (χ4n) is 4.25. The third-order valence-electron chi connectivity index (χ3n) is 5.94. The predicted octanol–water partition coefficient (Wildman–Crippen LogP) is 8.06. The molecule has 0 saturated carbocycles. The molecule has 0 radical (unpaired) electrons. The largest absolute Gasteiger partial charge is 0.383 e. The van der Waals surface area contributed by atoms with E-state index < -0.39 is 0 Å². The lowest BCUT2D eigenvalue weighted by atomic mass is 9.88. The SMILES string of the molecule is Cc1c(NC(C)C)ccc(C(C)CCCc2cc(NC(C)C)ccc2C(C)S)c1C. The first kappa shape index (κ1) is 24.7. The van der Waals surface area contributed by atoms with Crippen LogP contribution in [0.25, 0.3) is 0 Å². The molecule has 2 atom stereocenters. The summed E-state index contributed by atoms with van der Waals surface area (Å²) in [5, 5.41) is 7.37. The van der Waals surface area contributed by atoms with Gasteiger partial charge in [-0.2, -0.15) is 12.6 Å². The Balaban J connectivity index is 2.08. The molecule has 2 rings (SSSR count). The zero-order valence-electron chi connectivity index (χ0n) is 20.3. The third kappa shape index (κ3) is 6.70. The van der Waals surface area contributed by atoms with Crippen molar-refractivity contribution in [2.45, 2.75) is 97.9 Å². The van der Waals surface area contributed by atoms with Crippen LogP contribution in [0, 0.1) is 13.8 Å². The second-order valence-electron chi connectivity index (χ2n) is 9.43. The van der Waals surface area contributed by atoms with Gasteiger partial charge in [-0.25, -0.2) is 0 Å². The predicted molar refractivity (Wildman–Crippen MR) is 139 cm³/mol. The first-order valence-electron chi connectivity index (χ1n) is 11.5. The van der Waals surface area contributed by atoms with Crippen LogP contribution in [0.15, 0.2) is 30.3 Å². The van der Waals surface area contributed by atoms with Crippen molar-refractivity contribution in [2.24, 2.45) is 0 Å². The summed E-state index contributed by atoms with van der Waals surface area (Å²) < 4.78 is 0. The van der Waals surface area contributed by atoms with E-state index in [2.05, 4.69) is 96.4 Å². The van der Waals surface area contributed by atoms with Gasteiger partial charge >= 0.3 is 0 Å². The Labute approximate surface area is 190 Å². The Morgan fingerprint density at radius 3 is 2.03 bits per heavy atom. The molecule has 0 fully saturated rings. The van der Waals surface area contributed by atoms with E-state index in [0.29, 0.717) is 18.0 Å². The van der Waals surface area contributed by atoms with E-state index in [9.17, 15) is 0 Å². The second-order valence-corrected chi connectivity index (χ2v) is 10.2. The van der Waals surface area contributed by atoms with Gasteiger partial charge in [-0.1, -0.05) is 19.1 Å². The fraction of sp³-hybridized carbons (Fsp3) is 0.556. The lowest BCUT2D eigenvalue weighted by Gasteiger charge is -2.21. The molecule has 30 heavy (non-hydrogen) atoms. The van der Waals surface area contributed by atoms with Crippen molar-refractivity contribution in [2.75, 3.05) is 10.6 Å². The minimum atomic E-state index is 0.261. The summed E-state index contributed by atoms with van der Waals surface area (Å²) in [7, 11) is 0. The number of hydrogen-bond acceptors (Lipinski definition) is 3. The van der Waals surface area contributed by atoms with Crippen LogP contribution in [0.1, 0.15) is 93.4 Å². The summed E-state index contributed by atoms with van der Waals surface area (Å²) in [4.78, 5) is 0. The van der Waals surface area contributed by atoms with Crippen LogP contribution in [0.2, 0.25) is 0 Å². The highest BCUT2D eigenvalue weighted by atomic mass is 32.1. The van der Waals surface area contributed by atoms with Crippen molar-refractivity contribution in [1.82, 2.24) is 0 Å². The van der Waals surface area contributed by atoms with E-state index in [1.54, 1.807) is 0 Å². The van der Waals surface area contributed by atoms with Gasteiger partial charge in [0.05, 0.1) is 0 Å². The maximum Gasteiger partial charge on any atom is 0.0374 e. The van der Waals surface area contributed by atoms with Gasteiger partial charge < -0.3 is 10.6 Å². The normalized spacial score (nSPS) is 13.6. The van der Waals surface area contributed by atoms with E-state index in [0.717, 1.165) is 6.42 Å². The molecule has 2 nitrogen and oxygen atoms in total. The molecule has 0 amide bonds. The second kappa shape index (κ2) is 11.1. The summed E-state index contributed by atoms with van der Waals surface area (Å²) >= 11 is 4.71. The number of hydrogen-bond donors (Lipinski definition) is 3. The van der Waals surface area contributed by atoms with Gasteiger partial charge in [0.2, 0.25) is 0 Å². The van der Waals surface area contributed by atoms with Gasteiger partial charge in [0.15, 0.2) is 0 Å². The first-order valence-corrected chi connectivity index (χ1v) is 12.1. The number of aryl methyl sites for hydroxylation is 1. The molecular formula is C27H42N2S. The molecule has 2 aromatic carbocycles. The van der Waals surface area contributed by atoms with Crippen LogP contribution in [0.5, 0.6) is 0 Å². The highest BCUT2D eigenvalue weighted by Crippen LogP contribution is 2.32. The molecule has 2 aromatic rings. The van der Waals surface area contributed by atoms with Gasteiger partial charge in [-0.05, 0) is 120 Å². The Kier molecular flexibility index (Phi) is 9.15. The van der Waals surface area contributed by atoms with Crippen molar-refractivity contribution in [3.8, 4) is 0 Å². The molecular weight excluding hydrogens is 384 g/mol. The Bertz CT molecular complexity index is 824. The van der Waals surface area contributed by atoms with Gasteiger partial charge in [-0.15, -0.1) is 0 Å². The van der Waals surface area contributed by atoms with Crippen LogP contribution >= 0.6 is 12.6 Å². The van der Waals surface area contributed by atoms with Crippen molar-refractivity contribution in [1.29, 1.82) is 0 Å². The van der Waals surface area contributed by atoms with E-state index >= 15 is 0 Å². The highest BCUT2D eigenvalue weighted by molar-refractivity contribution is 7.80. The lowest BCUT2D eigenvalue weighted by molar-refractivity contribution is 0.628. The molecule has 166 valence electrons.